The summed E-state index contributed by atoms with van der Waals surface area (Å²) in [6.07, 6.45) is 2.26. The number of nitrogens with zero attached hydrogens (tertiary/aromatic N) is 2. The Bertz CT molecular complexity index is 1310. The Balaban J connectivity index is 1.54. The summed E-state index contributed by atoms with van der Waals surface area (Å²) in [6, 6.07) is 18.5. The lowest BCUT2D eigenvalue weighted by molar-refractivity contribution is -0.119. The van der Waals surface area contributed by atoms with Crippen LogP contribution in [0.1, 0.15) is 18.1 Å². The minimum Gasteiger partial charge on any atom is -0.454 e. The van der Waals surface area contributed by atoms with Crippen molar-refractivity contribution >= 4 is 43.8 Å². The van der Waals surface area contributed by atoms with Gasteiger partial charge in [0.2, 0.25) is 6.79 Å². The van der Waals surface area contributed by atoms with Crippen molar-refractivity contribution in [1.29, 1.82) is 0 Å². The summed E-state index contributed by atoms with van der Waals surface area (Å²) < 4.78 is 39.1. The highest BCUT2D eigenvalue weighted by molar-refractivity contribution is 9.10. The van der Waals surface area contributed by atoms with Crippen molar-refractivity contribution in [2.45, 2.75) is 18.2 Å². The van der Waals surface area contributed by atoms with Gasteiger partial charge in [0, 0.05) is 10.0 Å². The van der Waals surface area contributed by atoms with Gasteiger partial charge in [0.25, 0.3) is 15.9 Å². The maximum Gasteiger partial charge on any atom is 0.264 e. The third kappa shape index (κ3) is 5.23. The van der Waals surface area contributed by atoms with Crippen molar-refractivity contribution in [2.75, 3.05) is 17.6 Å². The smallest absolute Gasteiger partial charge is 0.264 e. The highest BCUT2D eigenvalue weighted by Crippen LogP contribution is 2.36. The Morgan fingerprint density at radius 3 is 2.44 bits per heavy atom. The third-order valence-electron chi connectivity index (χ3n) is 5.14. The fraction of sp³-hybridized carbons (Fsp3) is 0.167. The normalized spacial score (nSPS) is 12.6. The van der Waals surface area contributed by atoms with Gasteiger partial charge in [-0.05, 0) is 64.3 Å². The van der Waals surface area contributed by atoms with Gasteiger partial charge in [-0.25, -0.2) is 13.8 Å². The van der Waals surface area contributed by atoms with Crippen LogP contribution in [0.3, 0.4) is 0 Å². The van der Waals surface area contributed by atoms with E-state index in [1.807, 2.05) is 19.1 Å². The molecule has 3 aromatic rings. The number of amides is 1. The van der Waals surface area contributed by atoms with Crippen LogP contribution in [-0.2, 0) is 21.2 Å². The van der Waals surface area contributed by atoms with E-state index in [4.69, 9.17) is 9.47 Å². The first-order chi connectivity index (χ1) is 16.4. The highest BCUT2D eigenvalue weighted by Gasteiger charge is 2.27. The first kappa shape index (κ1) is 23.8. The van der Waals surface area contributed by atoms with E-state index >= 15 is 0 Å². The van der Waals surface area contributed by atoms with Crippen molar-refractivity contribution in [3.8, 4) is 11.5 Å². The van der Waals surface area contributed by atoms with E-state index in [1.54, 1.807) is 42.5 Å². The molecule has 3 aromatic carbocycles. The molecule has 1 amide bonds. The lowest BCUT2D eigenvalue weighted by atomic mass is 10.1. The molecule has 1 heterocycles. The number of nitrogens with one attached hydrogen (secondary N) is 1. The molecule has 10 heteroatoms. The molecular weight excluding hydrogens is 522 g/mol. The van der Waals surface area contributed by atoms with Gasteiger partial charge in [0.15, 0.2) is 11.5 Å². The summed E-state index contributed by atoms with van der Waals surface area (Å²) in [7, 11) is -3.98. The minimum absolute atomic E-state index is 0.0927. The maximum absolute atomic E-state index is 13.3. The van der Waals surface area contributed by atoms with Gasteiger partial charge < -0.3 is 9.47 Å². The zero-order valence-corrected chi connectivity index (χ0v) is 20.7. The average molecular weight is 544 g/mol. The number of hydrogen-bond acceptors (Lipinski definition) is 6. The molecule has 0 bridgehead atoms. The fourth-order valence-electron chi connectivity index (χ4n) is 3.30. The van der Waals surface area contributed by atoms with E-state index < -0.39 is 22.5 Å². The fourth-order valence-corrected chi connectivity index (χ4v) is 5.17. The van der Waals surface area contributed by atoms with Crippen LogP contribution >= 0.6 is 15.9 Å². The van der Waals surface area contributed by atoms with Crippen molar-refractivity contribution in [3.63, 3.8) is 0 Å². The molecule has 8 nitrogen and oxygen atoms in total. The first-order valence-electron chi connectivity index (χ1n) is 10.5. The zero-order valence-electron chi connectivity index (χ0n) is 18.3. The van der Waals surface area contributed by atoms with E-state index in [9.17, 15) is 13.2 Å². The van der Waals surface area contributed by atoms with E-state index in [0.29, 0.717) is 27.2 Å². The number of rotatable bonds is 8. The number of fused-ring (bicyclic) bond motifs is 1. The number of ether oxygens (including phenoxy) is 2. The zero-order chi connectivity index (χ0) is 24.1. The number of hydrogen-bond donors (Lipinski definition) is 1. The van der Waals surface area contributed by atoms with Crippen LogP contribution in [-0.4, -0.2) is 33.9 Å². The van der Waals surface area contributed by atoms with Gasteiger partial charge in [-0.1, -0.05) is 37.3 Å². The SMILES string of the molecule is CCc1ccc(N(CC(=O)N/N=C\c2cc3c(cc2Br)OCO3)S(=O)(=O)c2ccccc2)cc1. The molecule has 0 atom stereocenters. The number of halogens is 1. The molecule has 0 unspecified atom stereocenters. The number of hydrazone groups is 1. The number of aryl methyl sites for hydroxylation is 1. The molecule has 0 radical (unpaired) electrons. The van der Waals surface area contributed by atoms with Gasteiger partial charge in [-0.15, -0.1) is 0 Å². The Hall–Kier alpha value is -3.37. The Morgan fingerprint density at radius 2 is 1.76 bits per heavy atom. The second kappa shape index (κ2) is 10.3. The number of carbonyl (C=O) groups is 1. The van der Waals surface area contributed by atoms with E-state index in [1.165, 1.54) is 18.3 Å². The average Bonchev–Trinajstić information content (AvgIpc) is 3.30. The first-order valence-corrected chi connectivity index (χ1v) is 12.7. The van der Waals surface area contributed by atoms with Crippen LogP contribution in [0.2, 0.25) is 0 Å². The lowest BCUT2D eigenvalue weighted by Crippen LogP contribution is -2.39. The monoisotopic (exact) mass is 543 g/mol. The van der Waals surface area contributed by atoms with Crippen LogP contribution < -0.4 is 19.2 Å². The summed E-state index contributed by atoms with van der Waals surface area (Å²) in [6.45, 7) is 1.71. The Kier molecular flexibility index (Phi) is 7.18. The molecular formula is C24H22BrN3O5S. The topological polar surface area (TPSA) is 97.3 Å². The van der Waals surface area contributed by atoms with E-state index in [0.717, 1.165) is 16.3 Å². The van der Waals surface area contributed by atoms with Crippen LogP contribution in [0.5, 0.6) is 11.5 Å². The number of anilines is 1. The lowest BCUT2D eigenvalue weighted by Gasteiger charge is -2.24. The van der Waals surface area contributed by atoms with Gasteiger partial charge in [0.05, 0.1) is 16.8 Å². The summed E-state index contributed by atoms with van der Waals surface area (Å²) in [5.41, 5.74) is 4.51. The van der Waals surface area contributed by atoms with Gasteiger partial charge >= 0.3 is 0 Å². The molecule has 0 aromatic heterocycles. The van der Waals surface area contributed by atoms with Crippen LogP contribution in [0.4, 0.5) is 5.69 Å². The number of benzene rings is 3. The van der Waals surface area contributed by atoms with E-state index in [-0.39, 0.29) is 11.7 Å². The molecule has 0 spiro atoms. The molecule has 1 aliphatic heterocycles. The summed E-state index contributed by atoms with van der Waals surface area (Å²) in [5.74, 6) is 0.600. The molecule has 0 fully saturated rings. The Morgan fingerprint density at radius 1 is 1.09 bits per heavy atom. The van der Waals surface area contributed by atoms with Gasteiger partial charge in [-0.2, -0.15) is 5.10 Å². The minimum atomic E-state index is -3.98. The van der Waals surface area contributed by atoms with Crippen LogP contribution in [0.25, 0.3) is 0 Å². The second-order valence-corrected chi connectivity index (χ2v) is 10.1. The highest BCUT2D eigenvalue weighted by atomic mass is 79.9. The maximum atomic E-state index is 13.3. The molecule has 0 saturated heterocycles. The summed E-state index contributed by atoms with van der Waals surface area (Å²) in [5, 5.41) is 3.98. The summed E-state index contributed by atoms with van der Waals surface area (Å²) in [4.78, 5) is 12.8. The third-order valence-corrected chi connectivity index (χ3v) is 7.61. The van der Waals surface area contributed by atoms with Crippen molar-refractivity contribution < 1.29 is 22.7 Å². The van der Waals surface area contributed by atoms with Crippen LogP contribution in [0.15, 0.2) is 81.2 Å². The number of sulfonamides is 1. The van der Waals surface area contributed by atoms with Crippen molar-refractivity contribution in [3.05, 3.63) is 82.3 Å². The molecule has 0 aliphatic carbocycles. The molecule has 0 saturated carbocycles. The predicted molar refractivity (Wildman–Crippen MR) is 133 cm³/mol. The van der Waals surface area contributed by atoms with E-state index in [2.05, 4.69) is 26.5 Å². The molecule has 4 rings (SSSR count). The predicted octanol–water partition coefficient (Wildman–Crippen LogP) is 4.09. The van der Waals surface area contributed by atoms with Crippen molar-refractivity contribution in [2.24, 2.45) is 5.10 Å². The summed E-state index contributed by atoms with van der Waals surface area (Å²) >= 11 is 3.42. The van der Waals surface area contributed by atoms with Crippen LogP contribution in [0, 0.1) is 0 Å². The molecule has 176 valence electrons. The molecule has 34 heavy (non-hydrogen) atoms. The largest absolute Gasteiger partial charge is 0.454 e. The molecule has 1 aliphatic rings. The second-order valence-electron chi connectivity index (χ2n) is 7.36. The quantitative estimate of drug-likeness (QED) is 0.341. The van der Waals surface area contributed by atoms with Gasteiger partial charge in [-0.3, -0.25) is 9.10 Å². The Labute approximate surface area is 206 Å². The number of carbonyl (C=O) groups excluding carboxylic acids is 1. The molecule has 1 N–H and O–H groups in total. The standard InChI is InChI=1S/C24H22BrN3O5S/c1-2-17-8-10-19(11-9-17)28(34(30,31)20-6-4-3-5-7-20)15-24(29)27-26-14-18-12-22-23(13-21(18)25)33-16-32-22/h3-14H,2,15-16H2,1H3,(H,27,29)/b26-14-. The van der Waals surface area contributed by atoms with Gasteiger partial charge in [0.1, 0.15) is 6.54 Å². The van der Waals surface area contributed by atoms with Crippen molar-refractivity contribution in [1.82, 2.24) is 5.43 Å².